The summed E-state index contributed by atoms with van der Waals surface area (Å²) < 4.78 is 8.64. The van der Waals surface area contributed by atoms with E-state index in [4.69, 9.17) is 5.11 Å². The maximum Gasteiger partial charge on any atom is 0.294 e. The summed E-state index contributed by atoms with van der Waals surface area (Å²) in [6.45, 7) is 14.9. The van der Waals surface area contributed by atoms with E-state index in [1.54, 1.807) is 7.11 Å². The summed E-state index contributed by atoms with van der Waals surface area (Å²) in [6.07, 6.45) is 5.45. The molecule has 0 saturated heterocycles. The normalized spacial score (nSPS) is 10.2. The van der Waals surface area contributed by atoms with Crippen LogP contribution in [0.1, 0.15) is 87.0 Å². The van der Waals surface area contributed by atoms with Gasteiger partial charge in [0, 0.05) is 20.8 Å². The predicted molar refractivity (Wildman–Crippen MR) is 148 cm³/mol. The van der Waals surface area contributed by atoms with Crippen LogP contribution < -0.4 is 0 Å². The van der Waals surface area contributed by atoms with Gasteiger partial charge in [0.25, 0.3) is 10.2 Å². The van der Waals surface area contributed by atoms with Crippen molar-refractivity contribution in [2.24, 2.45) is 5.92 Å². The Morgan fingerprint density at radius 3 is 1.38 bits per heavy atom. The van der Waals surface area contributed by atoms with Crippen LogP contribution in [0, 0.1) is 26.1 Å². The smallest absolute Gasteiger partial charge is 0.294 e. The van der Waals surface area contributed by atoms with Gasteiger partial charge in [-0.1, -0.05) is 97.2 Å². The van der Waals surface area contributed by atoms with Crippen LogP contribution in [0.25, 0.3) is 0 Å². The molecule has 1 rings (SSSR count). The van der Waals surface area contributed by atoms with Crippen molar-refractivity contribution in [2.75, 3.05) is 34.2 Å². The molecule has 11 heteroatoms. The first-order valence-corrected chi connectivity index (χ1v) is 12.8. The van der Waals surface area contributed by atoms with Crippen LogP contribution in [0.4, 0.5) is 0 Å². The highest BCUT2D eigenvalue weighted by Gasteiger charge is 2.08. The van der Waals surface area contributed by atoms with Crippen LogP contribution in [0.5, 0.6) is 0 Å². The predicted octanol–water partition coefficient (Wildman–Crippen LogP) is 6.74. The minimum atomic E-state index is -0.744. The summed E-state index contributed by atoms with van der Waals surface area (Å²) in [5, 5.41) is 25.7. The van der Waals surface area contributed by atoms with Crippen molar-refractivity contribution in [3.8, 4) is 0 Å². The lowest BCUT2D eigenvalue weighted by molar-refractivity contribution is -0.768. The van der Waals surface area contributed by atoms with Crippen molar-refractivity contribution in [3.63, 3.8) is 0 Å². The first kappa shape index (κ1) is 44.5. The second kappa shape index (κ2) is 43.6. The zero-order valence-electron chi connectivity index (χ0n) is 24.6. The van der Waals surface area contributed by atoms with Crippen LogP contribution in [0.3, 0.4) is 0 Å². The van der Waals surface area contributed by atoms with Gasteiger partial charge < -0.3 is 24.3 Å². The zero-order valence-corrected chi connectivity index (χ0v) is 24.6. The van der Waals surface area contributed by atoms with E-state index >= 15 is 0 Å². The van der Waals surface area contributed by atoms with E-state index in [-0.39, 0.29) is 25.4 Å². The Morgan fingerprint density at radius 2 is 1.16 bits per heavy atom. The largest absolute Gasteiger partial charge is 0.385 e. The van der Waals surface area contributed by atoms with Crippen LogP contribution in [0.15, 0.2) is 36.4 Å². The summed E-state index contributed by atoms with van der Waals surface area (Å²) in [4.78, 5) is 28.1. The van der Waals surface area contributed by atoms with Gasteiger partial charge in [0.2, 0.25) is 0 Å². The number of aliphatic hydroxyl groups excluding tert-OH is 1. The summed E-state index contributed by atoms with van der Waals surface area (Å²) in [6, 6.07) is 12.0. The SMILES string of the molecule is CCC.CCCC(C)CO[N+](=O)[O-].CCCC(CC)O[N+](=O)[O-].CCOC.COCO.c1ccccc1. The number of ether oxygens (including phenoxy) is 2. The summed E-state index contributed by atoms with van der Waals surface area (Å²) >= 11 is 0. The van der Waals surface area contributed by atoms with Crippen molar-refractivity contribution in [1.82, 2.24) is 0 Å². The molecule has 2 atom stereocenters. The second-order valence-electron chi connectivity index (χ2n) is 7.42. The molecule has 11 nitrogen and oxygen atoms in total. The fraction of sp³-hybridized carbons (Fsp3) is 0.769. The molecule has 2 unspecified atom stereocenters. The molecule has 0 fully saturated rings. The number of aliphatic hydroxyl groups is 1. The number of methoxy groups -OCH3 is 2. The van der Waals surface area contributed by atoms with Gasteiger partial charge in [-0.2, -0.15) is 0 Å². The van der Waals surface area contributed by atoms with Crippen molar-refractivity contribution >= 4 is 0 Å². The van der Waals surface area contributed by atoms with Gasteiger partial charge in [0.15, 0.2) is 0 Å². The Hall–Kier alpha value is -2.50. The first-order valence-electron chi connectivity index (χ1n) is 12.8. The van der Waals surface area contributed by atoms with Crippen molar-refractivity contribution in [1.29, 1.82) is 0 Å². The lowest BCUT2D eigenvalue weighted by Crippen LogP contribution is -2.15. The summed E-state index contributed by atoms with van der Waals surface area (Å²) in [5.41, 5.74) is 0. The van der Waals surface area contributed by atoms with E-state index in [0.717, 1.165) is 32.3 Å². The third-order valence-corrected chi connectivity index (χ3v) is 3.63. The monoisotopic (exact) mass is 538 g/mol. The van der Waals surface area contributed by atoms with E-state index in [1.807, 2.05) is 71.0 Å². The molecular formula is C26H54N2O9. The van der Waals surface area contributed by atoms with E-state index in [9.17, 15) is 20.2 Å². The summed E-state index contributed by atoms with van der Waals surface area (Å²) in [7, 11) is 3.11. The van der Waals surface area contributed by atoms with Crippen molar-refractivity contribution in [3.05, 3.63) is 56.6 Å². The summed E-state index contributed by atoms with van der Waals surface area (Å²) in [5.74, 6) is 0.287. The zero-order chi connectivity index (χ0) is 29.7. The maximum absolute atomic E-state index is 9.83. The fourth-order valence-corrected chi connectivity index (χ4v) is 1.92. The highest BCUT2D eigenvalue weighted by atomic mass is 17.0. The molecule has 0 aliphatic heterocycles. The van der Waals surface area contributed by atoms with Gasteiger partial charge >= 0.3 is 0 Å². The van der Waals surface area contributed by atoms with Crippen LogP contribution in [-0.2, 0) is 19.1 Å². The Balaban J connectivity index is -0.000000117. The van der Waals surface area contributed by atoms with E-state index in [2.05, 4.69) is 33.0 Å². The maximum atomic E-state index is 9.83. The van der Waals surface area contributed by atoms with E-state index in [0.29, 0.717) is 6.42 Å². The molecule has 0 aliphatic carbocycles. The molecule has 1 aromatic carbocycles. The quantitative estimate of drug-likeness (QED) is 0.174. The van der Waals surface area contributed by atoms with Gasteiger partial charge in [0.1, 0.15) is 12.9 Å². The molecule has 1 N–H and O–H groups in total. The molecule has 0 aromatic heterocycles. The molecule has 0 amide bonds. The van der Waals surface area contributed by atoms with Gasteiger partial charge in [-0.05, 0) is 32.1 Å². The second-order valence-corrected chi connectivity index (χ2v) is 7.42. The first-order chi connectivity index (χ1) is 17.6. The average molecular weight is 539 g/mol. The number of rotatable bonds is 12. The Morgan fingerprint density at radius 1 is 0.784 bits per heavy atom. The van der Waals surface area contributed by atoms with Gasteiger partial charge in [-0.15, -0.1) is 20.2 Å². The fourth-order valence-electron chi connectivity index (χ4n) is 1.92. The Bertz CT molecular complexity index is 489. The lowest BCUT2D eigenvalue weighted by atomic mass is 10.1. The minimum Gasteiger partial charge on any atom is -0.385 e. The number of nitrogens with zero attached hydrogens (tertiary/aromatic N) is 2. The Labute approximate surface area is 224 Å². The van der Waals surface area contributed by atoms with Gasteiger partial charge in [-0.25, -0.2) is 0 Å². The average Bonchev–Trinajstić information content (AvgIpc) is 2.89. The third kappa shape index (κ3) is 65.7. The highest BCUT2D eigenvalue weighted by molar-refractivity contribution is 4.99. The molecular weight excluding hydrogens is 484 g/mol. The molecule has 0 bridgehead atoms. The van der Waals surface area contributed by atoms with Crippen LogP contribution in [-0.4, -0.2) is 55.6 Å². The number of hydrogen-bond donors (Lipinski definition) is 1. The molecule has 0 aliphatic rings. The molecule has 0 spiro atoms. The molecule has 0 heterocycles. The van der Waals surface area contributed by atoms with Crippen molar-refractivity contribution < 1.29 is 34.4 Å². The number of benzene rings is 1. The highest BCUT2D eigenvalue weighted by Crippen LogP contribution is 2.05. The van der Waals surface area contributed by atoms with Crippen LogP contribution in [0.2, 0.25) is 0 Å². The van der Waals surface area contributed by atoms with Crippen molar-refractivity contribution in [2.45, 2.75) is 93.1 Å². The molecule has 1 aromatic rings. The van der Waals surface area contributed by atoms with E-state index in [1.165, 1.54) is 13.5 Å². The molecule has 0 saturated carbocycles. The Kier molecular flexibility index (Phi) is 52.4. The topological polar surface area (TPSA) is 143 Å². The van der Waals surface area contributed by atoms with Gasteiger partial charge in [-0.3, -0.25) is 0 Å². The lowest BCUT2D eigenvalue weighted by Gasteiger charge is -2.09. The number of hydrogen-bond acceptors (Lipinski definition) is 9. The molecule has 37 heavy (non-hydrogen) atoms. The molecule has 222 valence electrons. The van der Waals surface area contributed by atoms with Crippen LogP contribution >= 0.6 is 0 Å². The third-order valence-electron chi connectivity index (χ3n) is 3.63. The standard InChI is InChI=1S/2C6H13NO3.C6H6.C3H8O.C3H8.C2H6O2/c1-3-4-6(2)5-10-7(8)9;1-3-5-6(4-2)10-7(8)9;1-2-4-6-5-3-1;1-3-4-2;1-3-2;1-4-2-3/h2*6H,3-5H2,1-2H3;1-6H;3H2,1-2H3;3H2,1-2H3;3H,2H2,1H3. The van der Waals surface area contributed by atoms with Gasteiger partial charge in [0.05, 0.1) is 6.61 Å². The van der Waals surface area contributed by atoms with E-state index < -0.39 is 10.2 Å². The minimum absolute atomic E-state index is 0.181. The molecule has 0 radical (unpaired) electrons.